The van der Waals surface area contributed by atoms with E-state index in [1.807, 2.05) is 0 Å². The molecule has 0 aliphatic heterocycles. The first kappa shape index (κ1) is 14.4. The molecular weight excluding hydrogens is 261 g/mol. The van der Waals surface area contributed by atoms with Gasteiger partial charge in [-0.25, -0.2) is 4.39 Å². The van der Waals surface area contributed by atoms with Gasteiger partial charge in [-0.3, -0.25) is 4.79 Å². The molecule has 1 fully saturated rings. The summed E-state index contributed by atoms with van der Waals surface area (Å²) in [6.45, 7) is 2.91. The van der Waals surface area contributed by atoms with Gasteiger partial charge in [0.25, 0.3) is 5.91 Å². The van der Waals surface area contributed by atoms with Gasteiger partial charge in [0.2, 0.25) is 0 Å². The number of benzene rings is 1. The molecule has 1 amide bonds. The van der Waals surface area contributed by atoms with Crippen LogP contribution in [-0.2, 0) is 0 Å². The molecular formula is C15H20FNOS. The maximum atomic E-state index is 13.1. The Balaban J connectivity index is 1.95. The summed E-state index contributed by atoms with van der Waals surface area (Å²) in [5.74, 6) is -0.554. The summed E-state index contributed by atoms with van der Waals surface area (Å²) in [7, 11) is 0. The van der Waals surface area contributed by atoms with Gasteiger partial charge in [-0.2, -0.15) is 0 Å². The maximum absolute atomic E-state index is 13.1. The average Bonchev–Trinajstić information content (AvgIpc) is 2.40. The minimum atomic E-state index is -0.404. The maximum Gasteiger partial charge on any atom is 0.251 e. The van der Waals surface area contributed by atoms with E-state index in [1.54, 1.807) is 0 Å². The standard InChI is InChI=1S/C15H20FNOS/c1-15(7-3-2-4-8-15)10-17-14(18)11-5-6-12(16)13(19)9-11/h5-6,9,19H,2-4,7-8,10H2,1H3,(H,17,18). The Morgan fingerprint density at radius 2 is 2.05 bits per heavy atom. The van der Waals surface area contributed by atoms with Crippen molar-refractivity contribution in [3.63, 3.8) is 0 Å². The molecule has 104 valence electrons. The average molecular weight is 281 g/mol. The highest BCUT2D eigenvalue weighted by molar-refractivity contribution is 7.80. The number of hydrogen-bond donors (Lipinski definition) is 2. The Morgan fingerprint density at radius 3 is 2.68 bits per heavy atom. The number of hydrogen-bond acceptors (Lipinski definition) is 2. The van der Waals surface area contributed by atoms with Crippen LogP contribution < -0.4 is 5.32 Å². The number of carbonyl (C=O) groups is 1. The van der Waals surface area contributed by atoms with Crippen LogP contribution >= 0.6 is 12.6 Å². The number of thiol groups is 1. The third-order valence-corrected chi connectivity index (χ3v) is 4.29. The molecule has 1 aromatic carbocycles. The van der Waals surface area contributed by atoms with Crippen molar-refractivity contribution < 1.29 is 9.18 Å². The lowest BCUT2D eigenvalue weighted by Crippen LogP contribution is -2.37. The van der Waals surface area contributed by atoms with Gasteiger partial charge in [-0.1, -0.05) is 26.2 Å². The third-order valence-electron chi connectivity index (χ3n) is 3.94. The highest BCUT2D eigenvalue weighted by Gasteiger charge is 2.27. The van der Waals surface area contributed by atoms with E-state index >= 15 is 0 Å². The summed E-state index contributed by atoms with van der Waals surface area (Å²) < 4.78 is 13.1. The van der Waals surface area contributed by atoms with Gasteiger partial charge in [0.05, 0.1) is 0 Å². The number of rotatable bonds is 3. The Bertz CT molecular complexity index is 469. The molecule has 0 spiro atoms. The SMILES string of the molecule is CC1(CNC(=O)c2ccc(F)c(S)c2)CCCCC1. The molecule has 0 bridgehead atoms. The van der Waals surface area contributed by atoms with Crippen molar-refractivity contribution in [1.29, 1.82) is 0 Å². The van der Waals surface area contributed by atoms with Crippen molar-refractivity contribution in [1.82, 2.24) is 5.32 Å². The summed E-state index contributed by atoms with van der Waals surface area (Å²) >= 11 is 3.99. The fourth-order valence-electron chi connectivity index (χ4n) is 2.63. The van der Waals surface area contributed by atoms with Gasteiger partial charge >= 0.3 is 0 Å². The van der Waals surface area contributed by atoms with Crippen molar-refractivity contribution in [2.75, 3.05) is 6.54 Å². The second kappa shape index (κ2) is 5.95. The van der Waals surface area contributed by atoms with E-state index in [-0.39, 0.29) is 16.2 Å². The van der Waals surface area contributed by atoms with Crippen LogP contribution in [0.3, 0.4) is 0 Å². The van der Waals surface area contributed by atoms with Gasteiger partial charge < -0.3 is 5.32 Å². The van der Waals surface area contributed by atoms with E-state index in [1.165, 1.54) is 37.5 Å². The fourth-order valence-corrected chi connectivity index (χ4v) is 2.85. The molecule has 0 heterocycles. The molecule has 2 nitrogen and oxygen atoms in total. The van der Waals surface area contributed by atoms with Gasteiger partial charge in [0.1, 0.15) is 5.82 Å². The van der Waals surface area contributed by atoms with Gasteiger partial charge in [-0.05, 0) is 36.5 Å². The largest absolute Gasteiger partial charge is 0.351 e. The van der Waals surface area contributed by atoms with E-state index in [9.17, 15) is 9.18 Å². The summed E-state index contributed by atoms with van der Waals surface area (Å²) in [4.78, 5) is 12.2. The highest BCUT2D eigenvalue weighted by atomic mass is 32.1. The van der Waals surface area contributed by atoms with Crippen LogP contribution in [0.25, 0.3) is 0 Å². The predicted octanol–water partition coefficient (Wildman–Crippen LogP) is 3.81. The van der Waals surface area contributed by atoms with Crippen LogP contribution in [-0.4, -0.2) is 12.5 Å². The Labute approximate surface area is 119 Å². The highest BCUT2D eigenvalue weighted by Crippen LogP contribution is 2.34. The normalized spacial score (nSPS) is 18.1. The van der Waals surface area contributed by atoms with E-state index in [4.69, 9.17) is 0 Å². The quantitative estimate of drug-likeness (QED) is 0.810. The molecule has 19 heavy (non-hydrogen) atoms. The van der Waals surface area contributed by atoms with E-state index in [2.05, 4.69) is 24.9 Å². The van der Waals surface area contributed by atoms with E-state index < -0.39 is 5.82 Å². The van der Waals surface area contributed by atoms with Gasteiger partial charge in [0.15, 0.2) is 0 Å². The van der Waals surface area contributed by atoms with Crippen molar-refractivity contribution in [3.8, 4) is 0 Å². The summed E-state index contributed by atoms with van der Waals surface area (Å²) in [6.07, 6.45) is 6.10. The Hall–Kier alpha value is -1.03. The predicted molar refractivity (Wildman–Crippen MR) is 77.2 cm³/mol. The number of halogens is 1. The summed E-state index contributed by atoms with van der Waals surface area (Å²) in [5.41, 5.74) is 0.670. The van der Waals surface area contributed by atoms with Crippen LogP contribution in [0, 0.1) is 11.2 Å². The second-order valence-electron chi connectivity index (χ2n) is 5.72. The smallest absolute Gasteiger partial charge is 0.251 e. The molecule has 4 heteroatoms. The van der Waals surface area contributed by atoms with Gasteiger partial charge in [-0.15, -0.1) is 12.6 Å². The molecule has 1 N–H and O–H groups in total. The minimum absolute atomic E-state index is 0.151. The lowest BCUT2D eigenvalue weighted by molar-refractivity contribution is 0.0919. The minimum Gasteiger partial charge on any atom is -0.351 e. The van der Waals surface area contributed by atoms with Crippen molar-refractivity contribution in [2.45, 2.75) is 43.9 Å². The Kier molecular flexibility index (Phi) is 4.50. The molecule has 0 saturated heterocycles. The lowest BCUT2D eigenvalue weighted by atomic mass is 9.76. The van der Waals surface area contributed by atoms with Gasteiger partial charge in [0, 0.05) is 17.0 Å². The zero-order chi connectivity index (χ0) is 13.9. The molecule has 1 aliphatic carbocycles. The molecule has 2 rings (SSSR count). The molecule has 1 aliphatic rings. The third kappa shape index (κ3) is 3.72. The zero-order valence-electron chi connectivity index (χ0n) is 11.2. The molecule has 0 atom stereocenters. The molecule has 1 saturated carbocycles. The van der Waals surface area contributed by atoms with Crippen LogP contribution in [0.2, 0.25) is 0 Å². The van der Waals surface area contributed by atoms with E-state index in [0.717, 1.165) is 12.8 Å². The summed E-state index contributed by atoms with van der Waals surface area (Å²) in [5, 5.41) is 2.96. The molecule has 1 aromatic rings. The van der Waals surface area contributed by atoms with Crippen LogP contribution in [0.5, 0.6) is 0 Å². The van der Waals surface area contributed by atoms with Crippen LogP contribution in [0.4, 0.5) is 4.39 Å². The zero-order valence-corrected chi connectivity index (χ0v) is 12.1. The van der Waals surface area contributed by atoms with Crippen LogP contribution in [0.1, 0.15) is 49.4 Å². The lowest BCUT2D eigenvalue weighted by Gasteiger charge is -2.33. The topological polar surface area (TPSA) is 29.1 Å². The summed E-state index contributed by atoms with van der Waals surface area (Å²) in [6, 6.07) is 4.24. The number of amides is 1. The molecule has 0 aromatic heterocycles. The fraction of sp³-hybridized carbons (Fsp3) is 0.533. The van der Waals surface area contributed by atoms with Crippen LogP contribution in [0.15, 0.2) is 23.1 Å². The number of carbonyl (C=O) groups excluding carboxylic acids is 1. The molecule has 0 radical (unpaired) electrons. The van der Waals surface area contributed by atoms with Crippen molar-refractivity contribution in [2.24, 2.45) is 5.41 Å². The monoisotopic (exact) mass is 281 g/mol. The number of nitrogens with one attached hydrogen (secondary N) is 1. The van der Waals surface area contributed by atoms with E-state index in [0.29, 0.717) is 12.1 Å². The Morgan fingerprint density at radius 1 is 1.37 bits per heavy atom. The van der Waals surface area contributed by atoms with Crippen molar-refractivity contribution in [3.05, 3.63) is 29.6 Å². The van der Waals surface area contributed by atoms with Crippen molar-refractivity contribution >= 4 is 18.5 Å². The second-order valence-corrected chi connectivity index (χ2v) is 6.20. The molecule has 0 unspecified atom stereocenters. The first-order chi connectivity index (χ1) is 9.00. The first-order valence-corrected chi connectivity index (χ1v) is 7.22. The first-order valence-electron chi connectivity index (χ1n) is 6.77.